The van der Waals surface area contributed by atoms with Crippen LogP contribution in [-0.2, 0) is 4.74 Å². The molecular formula is C6H7N3OS. The highest BCUT2D eigenvalue weighted by Gasteiger charge is 1.94. The molecule has 1 aromatic rings. The van der Waals surface area contributed by atoms with Crippen LogP contribution in [-0.4, -0.2) is 22.3 Å². The summed E-state index contributed by atoms with van der Waals surface area (Å²) in [6.07, 6.45) is 4.72. The molecule has 0 saturated carbocycles. The first-order valence-electron chi connectivity index (χ1n) is 2.94. The molecule has 58 valence electrons. The zero-order chi connectivity index (χ0) is 8.10. The molecule has 0 aliphatic rings. The first-order chi connectivity index (χ1) is 5.33. The lowest BCUT2D eigenvalue weighted by Gasteiger charge is -2.02. The average molecular weight is 169 g/mol. The fourth-order valence-electron chi connectivity index (χ4n) is 0.519. The van der Waals surface area contributed by atoms with Crippen LogP contribution < -0.4 is 5.32 Å². The van der Waals surface area contributed by atoms with E-state index in [1.807, 2.05) is 0 Å². The van der Waals surface area contributed by atoms with Crippen LogP contribution in [0.15, 0.2) is 18.6 Å². The van der Waals surface area contributed by atoms with E-state index in [1.165, 1.54) is 7.11 Å². The van der Waals surface area contributed by atoms with Gasteiger partial charge in [-0.1, -0.05) is 0 Å². The highest BCUT2D eigenvalue weighted by atomic mass is 32.1. The lowest BCUT2D eigenvalue weighted by atomic mass is 10.7. The SMILES string of the molecule is COC(=S)Nc1cnccn1. The molecule has 0 spiro atoms. The number of thiocarbonyl (C=S) groups is 1. The summed E-state index contributed by atoms with van der Waals surface area (Å²) in [7, 11) is 1.49. The van der Waals surface area contributed by atoms with Crippen molar-refractivity contribution in [3.8, 4) is 0 Å². The molecule has 0 bridgehead atoms. The molecule has 0 unspecified atom stereocenters. The zero-order valence-corrected chi connectivity index (χ0v) is 6.76. The Kier molecular flexibility index (Phi) is 2.74. The Balaban J connectivity index is 2.58. The third-order valence-corrected chi connectivity index (χ3v) is 1.25. The molecule has 0 saturated heterocycles. The van der Waals surface area contributed by atoms with E-state index >= 15 is 0 Å². The maximum absolute atomic E-state index is 4.74. The number of hydrogen-bond acceptors (Lipinski definition) is 4. The highest BCUT2D eigenvalue weighted by Crippen LogP contribution is 1.96. The van der Waals surface area contributed by atoms with Crippen molar-refractivity contribution in [3.63, 3.8) is 0 Å². The number of nitrogens with one attached hydrogen (secondary N) is 1. The standard InChI is InChI=1S/C6H7N3OS/c1-10-6(11)9-5-4-7-2-3-8-5/h2-4H,1H3,(H,8,9,11). The van der Waals surface area contributed by atoms with Crippen molar-refractivity contribution < 1.29 is 4.74 Å². The molecule has 0 amide bonds. The Hall–Kier alpha value is -1.23. The molecule has 0 atom stereocenters. The van der Waals surface area contributed by atoms with Crippen molar-refractivity contribution in [2.45, 2.75) is 0 Å². The van der Waals surface area contributed by atoms with E-state index in [-0.39, 0.29) is 5.17 Å². The normalized spacial score (nSPS) is 8.82. The van der Waals surface area contributed by atoms with Crippen LogP contribution in [0.1, 0.15) is 0 Å². The molecule has 5 heteroatoms. The molecule has 1 rings (SSSR count). The average Bonchev–Trinajstić information content (AvgIpc) is 2.06. The van der Waals surface area contributed by atoms with Gasteiger partial charge in [-0.15, -0.1) is 0 Å². The van der Waals surface area contributed by atoms with Crippen molar-refractivity contribution in [2.24, 2.45) is 0 Å². The van der Waals surface area contributed by atoms with E-state index in [2.05, 4.69) is 15.3 Å². The van der Waals surface area contributed by atoms with Crippen molar-refractivity contribution in [2.75, 3.05) is 12.4 Å². The number of methoxy groups -OCH3 is 1. The van der Waals surface area contributed by atoms with E-state index < -0.39 is 0 Å². The van der Waals surface area contributed by atoms with Gasteiger partial charge in [0.25, 0.3) is 5.17 Å². The maximum atomic E-state index is 4.74. The first kappa shape index (κ1) is 7.87. The second kappa shape index (κ2) is 3.82. The number of aromatic nitrogens is 2. The minimum atomic E-state index is 0.283. The van der Waals surface area contributed by atoms with Crippen LogP contribution in [0, 0.1) is 0 Å². The highest BCUT2D eigenvalue weighted by molar-refractivity contribution is 7.80. The van der Waals surface area contributed by atoms with E-state index in [1.54, 1.807) is 18.6 Å². The first-order valence-corrected chi connectivity index (χ1v) is 3.34. The molecule has 1 N–H and O–H groups in total. The van der Waals surface area contributed by atoms with E-state index in [0.717, 1.165) is 0 Å². The van der Waals surface area contributed by atoms with E-state index in [9.17, 15) is 0 Å². The Morgan fingerprint density at radius 3 is 3.00 bits per heavy atom. The fraction of sp³-hybridized carbons (Fsp3) is 0.167. The number of ether oxygens (including phenoxy) is 1. The number of nitrogens with zero attached hydrogens (tertiary/aromatic N) is 2. The van der Waals surface area contributed by atoms with Crippen LogP contribution in [0.4, 0.5) is 5.82 Å². The Morgan fingerprint density at radius 1 is 1.64 bits per heavy atom. The van der Waals surface area contributed by atoms with Gasteiger partial charge in [-0.2, -0.15) is 0 Å². The largest absolute Gasteiger partial charge is 0.474 e. The van der Waals surface area contributed by atoms with Gasteiger partial charge in [0.1, 0.15) is 0 Å². The predicted molar refractivity (Wildman–Crippen MR) is 45.3 cm³/mol. The molecule has 0 aromatic carbocycles. The smallest absolute Gasteiger partial charge is 0.262 e. The minimum Gasteiger partial charge on any atom is -0.474 e. The third-order valence-electron chi connectivity index (χ3n) is 0.979. The lowest BCUT2D eigenvalue weighted by molar-refractivity contribution is 0.413. The van der Waals surface area contributed by atoms with Gasteiger partial charge in [-0.25, -0.2) is 4.98 Å². The summed E-state index contributed by atoms with van der Waals surface area (Å²) in [5, 5.41) is 3.01. The second-order valence-corrected chi connectivity index (χ2v) is 2.08. The molecule has 0 radical (unpaired) electrons. The maximum Gasteiger partial charge on any atom is 0.262 e. The molecular weight excluding hydrogens is 162 g/mol. The van der Waals surface area contributed by atoms with Crippen LogP contribution in [0.5, 0.6) is 0 Å². The van der Waals surface area contributed by atoms with Crippen LogP contribution >= 0.6 is 12.2 Å². The summed E-state index contributed by atoms with van der Waals surface area (Å²) in [5.41, 5.74) is 0. The zero-order valence-electron chi connectivity index (χ0n) is 5.94. The van der Waals surface area contributed by atoms with Gasteiger partial charge in [-0.3, -0.25) is 10.3 Å². The molecule has 4 nitrogen and oxygen atoms in total. The summed E-state index contributed by atoms with van der Waals surface area (Å²) in [6, 6.07) is 0. The summed E-state index contributed by atoms with van der Waals surface area (Å²) >= 11 is 4.74. The van der Waals surface area contributed by atoms with Crippen molar-refractivity contribution in [1.82, 2.24) is 9.97 Å². The Bertz CT molecular complexity index is 239. The Morgan fingerprint density at radius 2 is 2.45 bits per heavy atom. The lowest BCUT2D eigenvalue weighted by Crippen LogP contribution is -2.11. The molecule has 0 aliphatic carbocycles. The van der Waals surface area contributed by atoms with Crippen molar-refractivity contribution in [3.05, 3.63) is 18.6 Å². The van der Waals surface area contributed by atoms with Gasteiger partial charge < -0.3 is 4.74 Å². The fourth-order valence-corrected chi connectivity index (χ4v) is 0.624. The summed E-state index contributed by atoms with van der Waals surface area (Å²) < 4.78 is 4.71. The van der Waals surface area contributed by atoms with Crippen LogP contribution in [0.2, 0.25) is 0 Å². The molecule has 1 heterocycles. The van der Waals surface area contributed by atoms with Gasteiger partial charge in [0, 0.05) is 12.4 Å². The van der Waals surface area contributed by atoms with Gasteiger partial charge in [-0.05, 0) is 12.2 Å². The van der Waals surface area contributed by atoms with E-state index in [0.29, 0.717) is 5.82 Å². The second-order valence-electron chi connectivity index (χ2n) is 1.71. The molecule has 11 heavy (non-hydrogen) atoms. The molecule has 0 fully saturated rings. The minimum absolute atomic E-state index is 0.283. The number of hydrogen-bond donors (Lipinski definition) is 1. The monoisotopic (exact) mass is 169 g/mol. The van der Waals surface area contributed by atoms with Gasteiger partial charge in [0.05, 0.1) is 13.3 Å². The molecule has 0 aliphatic heterocycles. The third kappa shape index (κ3) is 2.46. The predicted octanol–water partition coefficient (Wildman–Crippen LogP) is 0.820. The quantitative estimate of drug-likeness (QED) is 0.631. The number of anilines is 1. The van der Waals surface area contributed by atoms with Gasteiger partial charge in [0.2, 0.25) is 0 Å². The van der Waals surface area contributed by atoms with Crippen LogP contribution in [0.25, 0.3) is 0 Å². The van der Waals surface area contributed by atoms with Crippen LogP contribution in [0.3, 0.4) is 0 Å². The summed E-state index contributed by atoms with van der Waals surface area (Å²) in [4.78, 5) is 7.76. The molecule has 1 aromatic heterocycles. The Labute approximate surface area is 69.6 Å². The number of rotatable bonds is 1. The van der Waals surface area contributed by atoms with Gasteiger partial charge >= 0.3 is 0 Å². The summed E-state index contributed by atoms with van der Waals surface area (Å²) in [5.74, 6) is 0.583. The van der Waals surface area contributed by atoms with Crippen molar-refractivity contribution >= 4 is 23.2 Å². The van der Waals surface area contributed by atoms with Crippen molar-refractivity contribution in [1.29, 1.82) is 0 Å². The van der Waals surface area contributed by atoms with E-state index in [4.69, 9.17) is 17.0 Å². The van der Waals surface area contributed by atoms with Gasteiger partial charge in [0.15, 0.2) is 5.82 Å². The topological polar surface area (TPSA) is 47.0 Å². The summed E-state index contributed by atoms with van der Waals surface area (Å²) in [6.45, 7) is 0.